The van der Waals surface area contributed by atoms with E-state index < -0.39 is 5.97 Å². The molecule has 1 unspecified atom stereocenters. The summed E-state index contributed by atoms with van der Waals surface area (Å²) in [5.41, 5.74) is 12.6. The molecule has 0 saturated heterocycles. The van der Waals surface area contributed by atoms with Gasteiger partial charge in [-0.1, -0.05) is 25.1 Å². The molecule has 35 heavy (non-hydrogen) atoms. The minimum Gasteiger partial charge on any atom is -0.490 e. The van der Waals surface area contributed by atoms with Gasteiger partial charge in [-0.05, 0) is 92.5 Å². The Morgan fingerprint density at radius 1 is 1.09 bits per heavy atom. The van der Waals surface area contributed by atoms with Gasteiger partial charge in [-0.15, -0.1) is 0 Å². The molecule has 182 valence electrons. The first-order valence-corrected chi connectivity index (χ1v) is 12.3. The van der Waals surface area contributed by atoms with Crippen LogP contribution in [0.15, 0.2) is 48.7 Å². The van der Waals surface area contributed by atoms with Gasteiger partial charge in [0.1, 0.15) is 11.3 Å². The second-order valence-electron chi connectivity index (χ2n) is 9.28. The summed E-state index contributed by atoms with van der Waals surface area (Å²) in [7, 11) is 0. The minimum atomic E-state index is -0.759. The van der Waals surface area contributed by atoms with Crippen LogP contribution < -0.4 is 10.5 Å². The van der Waals surface area contributed by atoms with Crippen molar-refractivity contribution < 1.29 is 14.6 Å². The van der Waals surface area contributed by atoms with E-state index in [-0.39, 0.29) is 12.5 Å². The van der Waals surface area contributed by atoms with Crippen molar-refractivity contribution in [1.29, 1.82) is 0 Å². The number of hydrogen-bond donors (Lipinski definition) is 2. The van der Waals surface area contributed by atoms with E-state index in [4.69, 9.17) is 15.6 Å². The average molecular weight is 472 g/mol. The third kappa shape index (κ3) is 5.88. The highest BCUT2D eigenvalue weighted by atomic mass is 16.5. The number of aromatic nitrogens is 2. The van der Waals surface area contributed by atoms with Crippen LogP contribution in [0.2, 0.25) is 0 Å². The maximum absolute atomic E-state index is 10.8. The largest absolute Gasteiger partial charge is 0.490 e. The van der Waals surface area contributed by atoms with Crippen molar-refractivity contribution in [1.82, 2.24) is 9.97 Å². The van der Waals surface area contributed by atoms with Crippen molar-refractivity contribution in [2.24, 2.45) is 0 Å². The number of carboxylic acid groups (broad SMARTS) is 1. The number of nitrogens with two attached hydrogens (primary N) is 1. The van der Waals surface area contributed by atoms with Crippen molar-refractivity contribution in [2.75, 3.05) is 5.73 Å². The number of fused-ring (bicyclic) bond motifs is 3. The van der Waals surface area contributed by atoms with Crippen molar-refractivity contribution in [3.63, 3.8) is 0 Å². The number of nitrogens with zero attached hydrogens (tertiary/aromatic N) is 2. The topological polar surface area (TPSA) is 98.3 Å². The third-order valence-corrected chi connectivity index (χ3v) is 6.54. The van der Waals surface area contributed by atoms with E-state index in [1.54, 1.807) is 0 Å². The standard InChI is InChI=1S/C29H33N3O3/c1-4-22(6-5-7-27(33)34)35-23-12-11-21(19(3)15-23)10-9-20-16-25-24-13-8-18(2)14-26(24)32-29(30)28(25)31-17-20/h8,11-17,22H,4-7,9-10H2,1-3H3,(H2,30,32)(H,33,34). The Hall–Kier alpha value is -3.67. The quantitative estimate of drug-likeness (QED) is 0.268. The average Bonchev–Trinajstić information content (AvgIpc) is 2.82. The zero-order valence-corrected chi connectivity index (χ0v) is 20.7. The Balaban J connectivity index is 1.47. The smallest absolute Gasteiger partial charge is 0.303 e. The maximum atomic E-state index is 10.8. The van der Waals surface area contributed by atoms with Gasteiger partial charge in [-0.25, -0.2) is 4.98 Å². The van der Waals surface area contributed by atoms with Crippen LogP contribution in [-0.2, 0) is 17.6 Å². The molecule has 2 aromatic carbocycles. The molecular weight excluding hydrogens is 438 g/mol. The molecule has 0 fully saturated rings. The Bertz CT molecular complexity index is 1370. The van der Waals surface area contributed by atoms with E-state index >= 15 is 0 Å². The summed E-state index contributed by atoms with van der Waals surface area (Å²) in [6, 6.07) is 14.7. The molecule has 0 spiro atoms. The van der Waals surface area contributed by atoms with Crippen LogP contribution in [0, 0.1) is 13.8 Å². The fraction of sp³-hybridized carbons (Fsp3) is 0.345. The van der Waals surface area contributed by atoms with Crippen molar-refractivity contribution in [3.8, 4) is 5.75 Å². The summed E-state index contributed by atoms with van der Waals surface area (Å²) in [6.45, 7) is 6.23. The predicted octanol–water partition coefficient (Wildman–Crippen LogP) is 6.18. The first-order chi connectivity index (χ1) is 16.8. The number of carboxylic acids is 1. The molecule has 0 amide bonds. The summed E-state index contributed by atoms with van der Waals surface area (Å²) in [6.07, 6.45) is 6.09. The molecule has 2 aromatic heterocycles. The molecule has 6 heteroatoms. The fourth-order valence-electron chi connectivity index (χ4n) is 4.52. The summed E-state index contributed by atoms with van der Waals surface area (Å²) in [5, 5.41) is 11.0. The zero-order valence-electron chi connectivity index (χ0n) is 20.7. The maximum Gasteiger partial charge on any atom is 0.303 e. The number of nitrogen functional groups attached to an aromatic ring is 1. The third-order valence-electron chi connectivity index (χ3n) is 6.54. The fourth-order valence-corrected chi connectivity index (χ4v) is 4.52. The van der Waals surface area contributed by atoms with Crippen molar-refractivity contribution in [2.45, 2.75) is 65.4 Å². The predicted molar refractivity (Wildman–Crippen MR) is 141 cm³/mol. The number of hydrogen-bond acceptors (Lipinski definition) is 5. The first-order valence-electron chi connectivity index (χ1n) is 12.3. The number of pyridine rings is 2. The SMILES string of the molecule is CCC(CCCC(=O)O)Oc1ccc(CCc2cnc3c(N)nc4cc(C)ccc4c3c2)c(C)c1. The number of benzene rings is 2. The van der Waals surface area contributed by atoms with Crippen molar-refractivity contribution >= 4 is 33.6 Å². The summed E-state index contributed by atoms with van der Waals surface area (Å²) < 4.78 is 6.13. The Morgan fingerprint density at radius 3 is 2.66 bits per heavy atom. The second kappa shape index (κ2) is 10.7. The lowest BCUT2D eigenvalue weighted by atomic mass is 9.99. The van der Waals surface area contributed by atoms with Gasteiger partial charge < -0.3 is 15.6 Å². The van der Waals surface area contributed by atoms with Crippen LogP contribution in [0.1, 0.15) is 54.9 Å². The van der Waals surface area contributed by atoms with E-state index in [0.29, 0.717) is 12.2 Å². The second-order valence-corrected chi connectivity index (χ2v) is 9.28. The monoisotopic (exact) mass is 471 g/mol. The van der Waals surface area contributed by atoms with E-state index in [1.807, 2.05) is 12.3 Å². The van der Waals surface area contributed by atoms with Crippen LogP contribution in [0.25, 0.3) is 21.8 Å². The first kappa shape index (κ1) is 24.5. The van der Waals surface area contributed by atoms with Gasteiger partial charge in [0.25, 0.3) is 0 Å². The van der Waals surface area contributed by atoms with Crippen molar-refractivity contribution in [3.05, 3.63) is 70.9 Å². The Labute approximate surface area is 206 Å². The lowest BCUT2D eigenvalue weighted by Crippen LogP contribution is -2.16. The molecule has 0 saturated carbocycles. The van der Waals surface area contributed by atoms with Gasteiger partial charge >= 0.3 is 5.97 Å². The number of ether oxygens (including phenoxy) is 1. The Morgan fingerprint density at radius 2 is 1.91 bits per heavy atom. The van der Waals surface area contributed by atoms with Gasteiger partial charge in [0, 0.05) is 23.4 Å². The van der Waals surface area contributed by atoms with Gasteiger partial charge in [-0.2, -0.15) is 0 Å². The highest BCUT2D eigenvalue weighted by Gasteiger charge is 2.12. The molecule has 4 aromatic rings. The van der Waals surface area contributed by atoms with E-state index in [1.165, 1.54) is 11.1 Å². The van der Waals surface area contributed by atoms with Gasteiger partial charge in [0.05, 0.1) is 11.6 Å². The summed E-state index contributed by atoms with van der Waals surface area (Å²) in [4.78, 5) is 19.9. The van der Waals surface area contributed by atoms with Gasteiger partial charge in [0.15, 0.2) is 5.82 Å². The molecule has 3 N–H and O–H groups in total. The molecule has 4 rings (SSSR count). The summed E-state index contributed by atoms with van der Waals surface area (Å²) in [5.74, 6) is 0.542. The number of anilines is 1. The van der Waals surface area contributed by atoms with Crippen LogP contribution in [-0.4, -0.2) is 27.1 Å². The molecule has 1 atom stereocenters. The molecule has 2 heterocycles. The van der Waals surface area contributed by atoms with Crippen LogP contribution in [0.3, 0.4) is 0 Å². The van der Waals surface area contributed by atoms with E-state index in [0.717, 1.165) is 64.4 Å². The molecule has 0 bridgehead atoms. The molecule has 0 aliphatic carbocycles. The summed E-state index contributed by atoms with van der Waals surface area (Å²) >= 11 is 0. The highest BCUT2D eigenvalue weighted by molar-refractivity contribution is 6.08. The van der Waals surface area contributed by atoms with Crippen LogP contribution in [0.5, 0.6) is 5.75 Å². The van der Waals surface area contributed by atoms with Gasteiger partial charge in [-0.3, -0.25) is 9.78 Å². The zero-order chi connectivity index (χ0) is 24.9. The number of rotatable bonds is 10. The molecule has 0 aliphatic rings. The number of carbonyl (C=O) groups is 1. The highest BCUT2D eigenvalue weighted by Crippen LogP contribution is 2.28. The molecular formula is C29H33N3O3. The lowest BCUT2D eigenvalue weighted by molar-refractivity contribution is -0.137. The minimum absolute atomic E-state index is 0.0313. The van der Waals surface area contributed by atoms with E-state index in [9.17, 15) is 4.79 Å². The molecule has 6 nitrogen and oxygen atoms in total. The Kier molecular flexibility index (Phi) is 7.49. The lowest BCUT2D eigenvalue weighted by Gasteiger charge is -2.18. The van der Waals surface area contributed by atoms with Crippen LogP contribution in [0.4, 0.5) is 5.82 Å². The van der Waals surface area contributed by atoms with Gasteiger partial charge in [0.2, 0.25) is 0 Å². The van der Waals surface area contributed by atoms with E-state index in [2.05, 4.69) is 67.1 Å². The van der Waals surface area contributed by atoms with Crippen LogP contribution >= 0.6 is 0 Å². The molecule has 0 radical (unpaired) electrons. The number of aliphatic carboxylic acids is 1. The normalized spacial score (nSPS) is 12.2. The molecule has 0 aliphatic heterocycles. The number of aryl methyl sites for hydroxylation is 4.